The molecule has 0 spiro atoms. The summed E-state index contributed by atoms with van der Waals surface area (Å²) in [5.41, 5.74) is 1.67. The SMILES string of the molecule is CCNCC1(CNCC)C=CC=C1C. The van der Waals surface area contributed by atoms with Gasteiger partial charge in [0, 0.05) is 18.5 Å². The molecule has 0 saturated carbocycles. The first-order valence-electron chi connectivity index (χ1n) is 5.53. The van der Waals surface area contributed by atoms with E-state index >= 15 is 0 Å². The Morgan fingerprint density at radius 1 is 1.14 bits per heavy atom. The summed E-state index contributed by atoms with van der Waals surface area (Å²) >= 11 is 0. The van der Waals surface area contributed by atoms with Crippen LogP contribution in [0.25, 0.3) is 0 Å². The summed E-state index contributed by atoms with van der Waals surface area (Å²) in [6.45, 7) is 10.7. The quantitative estimate of drug-likeness (QED) is 0.672. The topological polar surface area (TPSA) is 24.1 Å². The third kappa shape index (κ3) is 2.46. The first kappa shape index (κ1) is 11.5. The highest BCUT2D eigenvalue weighted by Crippen LogP contribution is 2.32. The van der Waals surface area contributed by atoms with E-state index in [1.165, 1.54) is 5.57 Å². The third-order valence-electron chi connectivity index (χ3n) is 2.93. The monoisotopic (exact) mass is 194 g/mol. The van der Waals surface area contributed by atoms with Crippen LogP contribution in [0.3, 0.4) is 0 Å². The van der Waals surface area contributed by atoms with Gasteiger partial charge in [-0.15, -0.1) is 0 Å². The lowest BCUT2D eigenvalue weighted by Crippen LogP contribution is -2.41. The largest absolute Gasteiger partial charge is 0.316 e. The molecule has 0 fully saturated rings. The second-order valence-electron chi connectivity index (χ2n) is 3.93. The first-order valence-corrected chi connectivity index (χ1v) is 5.53. The molecule has 1 aliphatic carbocycles. The fourth-order valence-electron chi connectivity index (χ4n) is 1.83. The lowest BCUT2D eigenvalue weighted by atomic mass is 9.83. The summed E-state index contributed by atoms with van der Waals surface area (Å²) in [6.07, 6.45) is 6.70. The zero-order valence-corrected chi connectivity index (χ0v) is 9.56. The Balaban J connectivity index is 2.60. The van der Waals surface area contributed by atoms with E-state index in [4.69, 9.17) is 0 Å². The molecule has 0 atom stereocenters. The molecule has 0 saturated heterocycles. The summed E-state index contributed by atoms with van der Waals surface area (Å²) in [5, 5.41) is 6.88. The molecule has 2 heteroatoms. The predicted molar refractivity (Wildman–Crippen MR) is 62.4 cm³/mol. The van der Waals surface area contributed by atoms with E-state index in [1.807, 2.05) is 0 Å². The summed E-state index contributed by atoms with van der Waals surface area (Å²) in [5.74, 6) is 0. The molecule has 0 aromatic heterocycles. The third-order valence-corrected chi connectivity index (χ3v) is 2.93. The van der Waals surface area contributed by atoms with Crippen LogP contribution < -0.4 is 10.6 Å². The van der Waals surface area contributed by atoms with E-state index < -0.39 is 0 Å². The molecule has 0 aliphatic heterocycles. The normalized spacial score (nSPS) is 18.6. The standard InChI is InChI=1S/C12H22N2/c1-4-13-9-12(10-14-5-2)8-6-7-11(12)3/h6-8,13-14H,4-5,9-10H2,1-3H3. The van der Waals surface area contributed by atoms with E-state index in [1.54, 1.807) is 0 Å². The van der Waals surface area contributed by atoms with Crippen molar-refractivity contribution in [1.29, 1.82) is 0 Å². The average Bonchev–Trinajstić information content (AvgIpc) is 2.55. The van der Waals surface area contributed by atoms with Crippen LogP contribution in [-0.4, -0.2) is 26.2 Å². The van der Waals surface area contributed by atoms with Gasteiger partial charge in [-0.05, 0) is 20.0 Å². The van der Waals surface area contributed by atoms with Crippen molar-refractivity contribution < 1.29 is 0 Å². The van der Waals surface area contributed by atoms with Crippen molar-refractivity contribution in [2.45, 2.75) is 20.8 Å². The molecule has 80 valence electrons. The highest BCUT2D eigenvalue weighted by atomic mass is 14.9. The highest BCUT2D eigenvalue weighted by Gasteiger charge is 2.30. The molecule has 0 bridgehead atoms. The molecule has 1 rings (SSSR count). The van der Waals surface area contributed by atoms with Crippen LogP contribution in [0.4, 0.5) is 0 Å². The molecule has 14 heavy (non-hydrogen) atoms. The summed E-state index contributed by atoms with van der Waals surface area (Å²) in [6, 6.07) is 0. The Hall–Kier alpha value is -0.600. The van der Waals surface area contributed by atoms with Gasteiger partial charge in [-0.1, -0.05) is 37.6 Å². The van der Waals surface area contributed by atoms with Crippen LogP contribution in [0.1, 0.15) is 20.8 Å². The summed E-state index contributed by atoms with van der Waals surface area (Å²) in [4.78, 5) is 0. The van der Waals surface area contributed by atoms with Crippen molar-refractivity contribution in [3.05, 3.63) is 23.8 Å². The molecule has 0 amide bonds. The maximum Gasteiger partial charge on any atom is 0.0344 e. The van der Waals surface area contributed by atoms with Crippen molar-refractivity contribution in [2.75, 3.05) is 26.2 Å². The second kappa shape index (κ2) is 5.32. The number of nitrogens with one attached hydrogen (secondary N) is 2. The first-order chi connectivity index (χ1) is 6.75. The van der Waals surface area contributed by atoms with Crippen LogP contribution >= 0.6 is 0 Å². The number of hydrogen-bond acceptors (Lipinski definition) is 2. The Bertz CT molecular complexity index is 220. The van der Waals surface area contributed by atoms with E-state index in [0.717, 1.165) is 26.2 Å². The molecule has 0 aromatic rings. The van der Waals surface area contributed by atoms with Crippen molar-refractivity contribution in [3.63, 3.8) is 0 Å². The van der Waals surface area contributed by atoms with Crippen molar-refractivity contribution >= 4 is 0 Å². The van der Waals surface area contributed by atoms with Crippen LogP contribution in [0.15, 0.2) is 23.8 Å². The van der Waals surface area contributed by atoms with Gasteiger partial charge < -0.3 is 10.6 Å². The van der Waals surface area contributed by atoms with Gasteiger partial charge in [0.15, 0.2) is 0 Å². The van der Waals surface area contributed by atoms with E-state index in [2.05, 4.69) is 49.6 Å². The highest BCUT2D eigenvalue weighted by molar-refractivity contribution is 5.33. The van der Waals surface area contributed by atoms with Gasteiger partial charge in [-0.3, -0.25) is 0 Å². The van der Waals surface area contributed by atoms with E-state index in [-0.39, 0.29) is 5.41 Å². The van der Waals surface area contributed by atoms with Gasteiger partial charge in [0.25, 0.3) is 0 Å². The van der Waals surface area contributed by atoms with E-state index in [9.17, 15) is 0 Å². The number of hydrogen-bond donors (Lipinski definition) is 2. The summed E-state index contributed by atoms with van der Waals surface area (Å²) in [7, 11) is 0. The molecular formula is C12H22N2. The minimum Gasteiger partial charge on any atom is -0.316 e. The Kier molecular flexibility index (Phi) is 4.36. The number of allylic oxidation sites excluding steroid dienone is 2. The smallest absolute Gasteiger partial charge is 0.0344 e. The van der Waals surface area contributed by atoms with Crippen molar-refractivity contribution in [2.24, 2.45) is 5.41 Å². The molecule has 2 N–H and O–H groups in total. The Labute approximate surface area is 87.5 Å². The Morgan fingerprint density at radius 2 is 1.71 bits per heavy atom. The molecule has 2 nitrogen and oxygen atoms in total. The van der Waals surface area contributed by atoms with Gasteiger partial charge in [0.1, 0.15) is 0 Å². The Morgan fingerprint density at radius 3 is 2.07 bits per heavy atom. The predicted octanol–water partition coefficient (Wildman–Crippen LogP) is 1.71. The maximum atomic E-state index is 3.44. The average molecular weight is 194 g/mol. The zero-order valence-electron chi connectivity index (χ0n) is 9.56. The van der Waals surface area contributed by atoms with Crippen molar-refractivity contribution in [3.8, 4) is 0 Å². The molecular weight excluding hydrogens is 172 g/mol. The van der Waals surface area contributed by atoms with Gasteiger partial charge in [0.2, 0.25) is 0 Å². The lowest BCUT2D eigenvalue weighted by molar-refractivity contribution is 0.404. The van der Waals surface area contributed by atoms with Gasteiger partial charge in [-0.2, -0.15) is 0 Å². The minimum absolute atomic E-state index is 0.214. The fourth-order valence-corrected chi connectivity index (χ4v) is 1.83. The molecule has 0 unspecified atom stereocenters. The summed E-state index contributed by atoms with van der Waals surface area (Å²) < 4.78 is 0. The molecule has 0 aromatic carbocycles. The second-order valence-corrected chi connectivity index (χ2v) is 3.93. The van der Waals surface area contributed by atoms with Gasteiger partial charge >= 0.3 is 0 Å². The zero-order chi connectivity index (χ0) is 10.4. The van der Waals surface area contributed by atoms with Crippen molar-refractivity contribution in [1.82, 2.24) is 10.6 Å². The maximum absolute atomic E-state index is 3.44. The van der Waals surface area contributed by atoms with Gasteiger partial charge in [0.05, 0.1) is 0 Å². The van der Waals surface area contributed by atoms with Gasteiger partial charge in [-0.25, -0.2) is 0 Å². The fraction of sp³-hybridized carbons (Fsp3) is 0.667. The van der Waals surface area contributed by atoms with Crippen LogP contribution in [0.5, 0.6) is 0 Å². The number of rotatable bonds is 6. The lowest BCUT2D eigenvalue weighted by Gasteiger charge is -2.30. The van der Waals surface area contributed by atoms with Crippen LogP contribution in [0, 0.1) is 5.41 Å². The van der Waals surface area contributed by atoms with E-state index in [0.29, 0.717) is 0 Å². The molecule has 1 aliphatic rings. The molecule has 0 heterocycles. The van der Waals surface area contributed by atoms with Crippen LogP contribution in [-0.2, 0) is 0 Å². The molecule has 0 radical (unpaired) electrons. The minimum atomic E-state index is 0.214. The van der Waals surface area contributed by atoms with Crippen LogP contribution in [0.2, 0.25) is 0 Å².